The van der Waals surface area contributed by atoms with Crippen LogP contribution in [0.2, 0.25) is 0 Å². The molecule has 54 valence electrons. The molecular weight excluding hydrogens is 152 g/mol. The number of rotatable bonds is 0. The highest BCUT2D eigenvalue weighted by Crippen LogP contribution is 2.26. The van der Waals surface area contributed by atoms with Crippen LogP contribution < -0.4 is 5.32 Å². The number of imide groups is 1. The molecule has 2 heterocycles. The molecule has 0 aromatic rings. The van der Waals surface area contributed by atoms with Crippen LogP contribution >= 0.6 is 11.8 Å². The van der Waals surface area contributed by atoms with E-state index >= 15 is 0 Å². The minimum absolute atomic E-state index is 0.160. The van der Waals surface area contributed by atoms with Crippen molar-refractivity contribution >= 4 is 23.7 Å². The summed E-state index contributed by atoms with van der Waals surface area (Å²) in [6.45, 7) is 0.701. The molecule has 0 aliphatic carbocycles. The molecule has 0 saturated carbocycles. The Morgan fingerprint density at radius 3 is 3.10 bits per heavy atom. The number of hydrogen-bond donors (Lipinski definition) is 1. The molecule has 10 heavy (non-hydrogen) atoms. The lowest BCUT2D eigenvalue weighted by Gasteiger charge is -2.07. The van der Waals surface area contributed by atoms with Gasteiger partial charge in [0.2, 0.25) is 0 Å². The van der Waals surface area contributed by atoms with Crippen molar-refractivity contribution in [2.24, 2.45) is 0 Å². The maximum atomic E-state index is 10.9. The molecule has 4 nitrogen and oxygen atoms in total. The van der Waals surface area contributed by atoms with Crippen LogP contribution in [0.15, 0.2) is 0 Å². The van der Waals surface area contributed by atoms with Crippen molar-refractivity contribution in [3.05, 3.63) is 0 Å². The minimum Gasteiger partial charge on any atom is -0.303 e. The van der Waals surface area contributed by atoms with Crippen molar-refractivity contribution in [1.29, 1.82) is 0 Å². The maximum Gasteiger partial charge on any atom is 0.325 e. The summed E-state index contributed by atoms with van der Waals surface area (Å²) in [6, 6.07) is -0.236. The predicted molar refractivity (Wildman–Crippen MR) is 36.5 cm³/mol. The molecule has 1 N–H and O–H groups in total. The third-order valence-electron chi connectivity index (χ3n) is 1.61. The summed E-state index contributed by atoms with van der Waals surface area (Å²) in [5, 5.41) is 2.02. The fraction of sp³-hybridized carbons (Fsp3) is 0.600. The van der Waals surface area contributed by atoms with E-state index in [4.69, 9.17) is 0 Å². The van der Waals surface area contributed by atoms with Crippen LogP contribution in [0.3, 0.4) is 0 Å². The normalized spacial score (nSPS) is 30.8. The van der Waals surface area contributed by atoms with E-state index in [0.717, 1.165) is 5.75 Å². The largest absolute Gasteiger partial charge is 0.325 e. The lowest BCUT2D eigenvalue weighted by atomic mass is 10.5. The summed E-state index contributed by atoms with van der Waals surface area (Å²) in [7, 11) is 0. The predicted octanol–water partition coefficient (Wildman–Crippen LogP) is -0.389. The van der Waals surface area contributed by atoms with Crippen LogP contribution in [0.25, 0.3) is 0 Å². The first kappa shape index (κ1) is 6.03. The van der Waals surface area contributed by atoms with Gasteiger partial charge in [0.1, 0.15) is 0 Å². The Morgan fingerprint density at radius 1 is 1.60 bits per heavy atom. The first-order valence-electron chi connectivity index (χ1n) is 3.02. The Hall–Kier alpha value is -0.710. The first-order chi connectivity index (χ1) is 4.79. The molecule has 0 spiro atoms. The van der Waals surface area contributed by atoms with Crippen LogP contribution in [0.1, 0.15) is 0 Å². The number of urea groups is 1. The highest BCUT2D eigenvalue weighted by molar-refractivity contribution is 8.00. The van der Waals surface area contributed by atoms with Gasteiger partial charge < -0.3 is 4.90 Å². The molecule has 2 rings (SSSR count). The van der Waals surface area contributed by atoms with Gasteiger partial charge in [-0.15, -0.1) is 11.8 Å². The highest BCUT2D eigenvalue weighted by Gasteiger charge is 2.41. The summed E-state index contributed by atoms with van der Waals surface area (Å²) in [5.41, 5.74) is 0. The molecule has 3 amide bonds. The van der Waals surface area contributed by atoms with Crippen LogP contribution in [0.5, 0.6) is 0 Å². The van der Waals surface area contributed by atoms with Crippen LogP contribution in [0, 0.1) is 0 Å². The molecule has 0 radical (unpaired) electrons. The van der Waals surface area contributed by atoms with Crippen molar-refractivity contribution in [3.63, 3.8) is 0 Å². The first-order valence-corrected chi connectivity index (χ1v) is 4.07. The Bertz CT molecular complexity index is 186. The van der Waals surface area contributed by atoms with Crippen LogP contribution in [-0.2, 0) is 4.79 Å². The third-order valence-corrected chi connectivity index (χ3v) is 2.81. The molecule has 2 aliphatic rings. The quantitative estimate of drug-likeness (QED) is 0.488. The van der Waals surface area contributed by atoms with Gasteiger partial charge in [0.15, 0.2) is 5.37 Å². The van der Waals surface area contributed by atoms with Crippen molar-refractivity contribution in [2.75, 3.05) is 12.3 Å². The van der Waals surface area contributed by atoms with Gasteiger partial charge >= 0.3 is 6.03 Å². The molecule has 2 fully saturated rings. The van der Waals surface area contributed by atoms with Gasteiger partial charge in [-0.25, -0.2) is 4.79 Å². The summed E-state index contributed by atoms with van der Waals surface area (Å²) in [4.78, 5) is 23.3. The maximum absolute atomic E-state index is 10.9. The summed E-state index contributed by atoms with van der Waals surface area (Å²) >= 11 is 1.52. The molecular formula is C5H6N2O2S. The van der Waals surface area contributed by atoms with E-state index in [0.29, 0.717) is 6.54 Å². The number of fused-ring (bicyclic) bond motifs is 1. The SMILES string of the molecule is O=C1NC(=O)N2CCS[C@@H]12. The minimum atomic E-state index is -0.236. The second-order valence-corrected chi connectivity index (χ2v) is 3.40. The average molecular weight is 158 g/mol. The Morgan fingerprint density at radius 2 is 2.40 bits per heavy atom. The van der Waals surface area contributed by atoms with Gasteiger partial charge in [-0.1, -0.05) is 0 Å². The lowest BCUT2D eigenvalue weighted by Crippen LogP contribution is -2.28. The molecule has 2 aliphatic heterocycles. The van der Waals surface area contributed by atoms with Crippen molar-refractivity contribution in [3.8, 4) is 0 Å². The van der Waals surface area contributed by atoms with Gasteiger partial charge in [0, 0.05) is 12.3 Å². The summed E-state index contributed by atoms with van der Waals surface area (Å²) < 4.78 is 0. The number of carbonyl (C=O) groups excluding carboxylic acids is 2. The van der Waals surface area contributed by atoms with Crippen LogP contribution in [0.4, 0.5) is 4.79 Å². The fourth-order valence-electron chi connectivity index (χ4n) is 1.13. The molecule has 0 aromatic heterocycles. The number of hydrogen-bond acceptors (Lipinski definition) is 3. The Balaban J connectivity index is 2.27. The van der Waals surface area contributed by atoms with E-state index in [1.54, 1.807) is 4.90 Å². The Labute approximate surface area is 61.9 Å². The molecule has 1 atom stereocenters. The molecule has 0 aromatic carbocycles. The van der Waals surface area contributed by atoms with E-state index in [2.05, 4.69) is 5.32 Å². The van der Waals surface area contributed by atoms with E-state index in [9.17, 15) is 9.59 Å². The topological polar surface area (TPSA) is 49.4 Å². The zero-order valence-electron chi connectivity index (χ0n) is 5.16. The van der Waals surface area contributed by atoms with Gasteiger partial charge in [0.25, 0.3) is 5.91 Å². The third kappa shape index (κ3) is 0.636. The summed E-state index contributed by atoms with van der Waals surface area (Å²) in [6.07, 6.45) is 0. The molecule has 2 saturated heterocycles. The van der Waals surface area contributed by atoms with Gasteiger partial charge in [0.05, 0.1) is 0 Å². The van der Waals surface area contributed by atoms with Crippen molar-refractivity contribution in [1.82, 2.24) is 10.2 Å². The average Bonchev–Trinajstić information content (AvgIpc) is 2.39. The zero-order chi connectivity index (χ0) is 7.14. The fourth-order valence-corrected chi connectivity index (χ4v) is 2.25. The highest BCUT2D eigenvalue weighted by atomic mass is 32.2. The van der Waals surface area contributed by atoms with E-state index in [1.165, 1.54) is 11.8 Å². The Kier molecular flexibility index (Phi) is 1.14. The number of carbonyl (C=O) groups is 2. The van der Waals surface area contributed by atoms with Gasteiger partial charge in [-0.2, -0.15) is 0 Å². The molecule has 0 unspecified atom stereocenters. The lowest BCUT2D eigenvalue weighted by molar-refractivity contribution is -0.119. The van der Waals surface area contributed by atoms with Crippen molar-refractivity contribution < 1.29 is 9.59 Å². The van der Waals surface area contributed by atoms with Gasteiger partial charge in [-0.05, 0) is 0 Å². The van der Waals surface area contributed by atoms with E-state index in [1.807, 2.05) is 0 Å². The second-order valence-electron chi connectivity index (χ2n) is 2.21. The molecule has 0 bridgehead atoms. The number of nitrogens with zero attached hydrogens (tertiary/aromatic N) is 1. The van der Waals surface area contributed by atoms with Crippen molar-refractivity contribution in [2.45, 2.75) is 5.37 Å². The smallest absolute Gasteiger partial charge is 0.303 e. The van der Waals surface area contributed by atoms with E-state index in [-0.39, 0.29) is 17.3 Å². The second kappa shape index (κ2) is 1.88. The number of nitrogens with one attached hydrogen (secondary N) is 1. The van der Waals surface area contributed by atoms with Gasteiger partial charge in [-0.3, -0.25) is 10.1 Å². The monoisotopic (exact) mass is 158 g/mol. The molecule has 5 heteroatoms. The zero-order valence-corrected chi connectivity index (χ0v) is 5.98. The standard InChI is InChI=1S/C5H6N2O2S/c8-3-4-7(1-2-10-4)5(9)6-3/h4H,1-2H2,(H,6,8,9)/t4-/m0/s1. The summed E-state index contributed by atoms with van der Waals surface area (Å²) in [5.74, 6) is 0.719. The number of amides is 3. The van der Waals surface area contributed by atoms with Crippen LogP contribution in [-0.4, -0.2) is 34.5 Å². The number of thioether (sulfide) groups is 1. The van der Waals surface area contributed by atoms with E-state index < -0.39 is 0 Å².